The Morgan fingerprint density at radius 2 is 1.76 bits per heavy atom. The van der Waals surface area contributed by atoms with Gasteiger partial charge in [0.15, 0.2) is 11.5 Å². The first-order valence-corrected chi connectivity index (χ1v) is 12.5. The highest BCUT2D eigenvalue weighted by atomic mass is 16.5. The van der Waals surface area contributed by atoms with Gasteiger partial charge in [0, 0.05) is 12.1 Å². The van der Waals surface area contributed by atoms with Crippen molar-refractivity contribution in [2.45, 2.75) is 33.2 Å². The van der Waals surface area contributed by atoms with E-state index in [1.807, 2.05) is 32.0 Å². The molecule has 2 aromatic carbocycles. The van der Waals surface area contributed by atoms with E-state index in [0.29, 0.717) is 53.9 Å². The van der Waals surface area contributed by atoms with Crippen LogP contribution in [0.1, 0.15) is 43.0 Å². The Hall–Kier alpha value is -3.52. The topological polar surface area (TPSA) is 88.5 Å². The summed E-state index contributed by atoms with van der Waals surface area (Å²) in [4.78, 5) is 30.1. The molecule has 1 N–H and O–H groups in total. The number of ketones is 1. The van der Waals surface area contributed by atoms with Crippen molar-refractivity contribution in [3.05, 3.63) is 58.7 Å². The molecule has 8 heteroatoms. The molecule has 0 saturated carbocycles. The van der Waals surface area contributed by atoms with Crippen LogP contribution < -0.4 is 14.2 Å². The Morgan fingerprint density at radius 1 is 1.05 bits per heavy atom. The lowest BCUT2D eigenvalue weighted by atomic mass is 9.93. The second kappa shape index (κ2) is 12.1. The number of Topliss-reactive ketones (excluding diaryl/α,β-unsaturated/α-hetero) is 1. The molecule has 8 nitrogen and oxygen atoms in total. The molecule has 0 aliphatic carbocycles. The Bertz CT molecular complexity index is 1170. The summed E-state index contributed by atoms with van der Waals surface area (Å²) in [5, 5.41) is 11.5. The van der Waals surface area contributed by atoms with Crippen molar-refractivity contribution in [3.63, 3.8) is 0 Å². The third-order valence-corrected chi connectivity index (χ3v) is 6.30. The second-order valence-electron chi connectivity index (χ2n) is 9.95. The fourth-order valence-electron chi connectivity index (χ4n) is 4.44. The molecule has 1 saturated heterocycles. The summed E-state index contributed by atoms with van der Waals surface area (Å²) in [5.74, 6) is 0.518. The van der Waals surface area contributed by atoms with Crippen LogP contribution in [0.4, 0.5) is 0 Å². The minimum Gasteiger partial charge on any atom is -0.507 e. The summed E-state index contributed by atoms with van der Waals surface area (Å²) in [6.07, 6.45) is 0.671. The number of carbonyl (C=O) groups is 2. The number of methoxy groups -OCH3 is 2. The second-order valence-corrected chi connectivity index (χ2v) is 9.95. The molecule has 1 heterocycles. The highest BCUT2D eigenvalue weighted by Crippen LogP contribution is 2.42. The zero-order valence-electron chi connectivity index (χ0n) is 22.8. The normalized spacial score (nSPS) is 17.1. The number of benzene rings is 2. The van der Waals surface area contributed by atoms with Gasteiger partial charge < -0.3 is 29.1 Å². The number of amides is 1. The molecule has 3 rings (SSSR count). The highest BCUT2D eigenvalue weighted by molar-refractivity contribution is 6.46. The number of rotatable bonds is 11. The molecular formula is C29H38N2O6. The molecule has 0 aromatic heterocycles. The van der Waals surface area contributed by atoms with Crippen LogP contribution in [0.15, 0.2) is 42.0 Å². The third-order valence-electron chi connectivity index (χ3n) is 6.30. The number of carbonyl (C=O) groups excluding carboxylic acids is 2. The van der Waals surface area contributed by atoms with E-state index in [4.69, 9.17) is 14.2 Å². The number of aliphatic hydroxyl groups excluding tert-OH is 1. The SMILES string of the molecule is COc1ccc(C2C(=C(O)c3ccc(OCC(C)C)cc3C)C(=O)C(=O)N2CCCN(C)C)cc1OC. The molecule has 1 aliphatic heterocycles. The average molecular weight is 511 g/mol. The van der Waals surface area contributed by atoms with Gasteiger partial charge in [0.1, 0.15) is 11.5 Å². The first-order chi connectivity index (χ1) is 17.6. The highest BCUT2D eigenvalue weighted by Gasteiger charge is 2.46. The summed E-state index contributed by atoms with van der Waals surface area (Å²) >= 11 is 0. The van der Waals surface area contributed by atoms with Crippen molar-refractivity contribution in [2.24, 2.45) is 5.92 Å². The van der Waals surface area contributed by atoms with Gasteiger partial charge in [-0.25, -0.2) is 0 Å². The predicted molar refractivity (Wildman–Crippen MR) is 143 cm³/mol. The Balaban J connectivity index is 2.11. The lowest BCUT2D eigenvalue weighted by molar-refractivity contribution is -0.139. The molecule has 0 radical (unpaired) electrons. The van der Waals surface area contributed by atoms with Crippen molar-refractivity contribution in [1.29, 1.82) is 0 Å². The summed E-state index contributed by atoms with van der Waals surface area (Å²) in [7, 11) is 6.98. The van der Waals surface area contributed by atoms with Crippen molar-refractivity contribution >= 4 is 17.4 Å². The zero-order valence-corrected chi connectivity index (χ0v) is 22.8. The van der Waals surface area contributed by atoms with Crippen molar-refractivity contribution in [1.82, 2.24) is 9.80 Å². The lowest BCUT2D eigenvalue weighted by Gasteiger charge is -2.26. The fourth-order valence-corrected chi connectivity index (χ4v) is 4.44. The van der Waals surface area contributed by atoms with Gasteiger partial charge in [0.25, 0.3) is 11.7 Å². The van der Waals surface area contributed by atoms with Gasteiger partial charge in [0.2, 0.25) is 0 Å². The smallest absolute Gasteiger partial charge is 0.295 e. The lowest BCUT2D eigenvalue weighted by Crippen LogP contribution is -2.32. The van der Waals surface area contributed by atoms with Gasteiger partial charge in [-0.3, -0.25) is 9.59 Å². The number of aryl methyl sites for hydroxylation is 1. The van der Waals surface area contributed by atoms with E-state index in [1.165, 1.54) is 12.0 Å². The molecule has 0 spiro atoms. The fraction of sp³-hybridized carbons (Fsp3) is 0.448. The van der Waals surface area contributed by atoms with Crippen molar-refractivity contribution < 1.29 is 28.9 Å². The van der Waals surface area contributed by atoms with Crippen LogP contribution in [-0.4, -0.2) is 74.6 Å². The summed E-state index contributed by atoms with van der Waals surface area (Å²) in [6, 6.07) is 9.83. The minimum atomic E-state index is -0.766. The average Bonchev–Trinajstić information content (AvgIpc) is 3.11. The first kappa shape index (κ1) is 28.1. The van der Waals surface area contributed by atoms with Gasteiger partial charge in [-0.2, -0.15) is 0 Å². The van der Waals surface area contributed by atoms with E-state index in [9.17, 15) is 14.7 Å². The van der Waals surface area contributed by atoms with Crippen LogP contribution in [0.25, 0.3) is 5.76 Å². The van der Waals surface area contributed by atoms with Gasteiger partial charge in [0.05, 0.1) is 32.4 Å². The number of likely N-dealkylation sites (tertiary alicyclic amines) is 1. The molecule has 1 unspecified atom stereocenters. The minimum absolute atomic E-state index is 0.0565. The molecule has 1 fully saturated rings. The van der Waals surface area contributed by atoms with Crippen LogP contribution in [0, 0.1) is 12.8 Å². The van der Waals surface area contributed by atoms with Gasteiger partial charge in [-0.1, -0.05) is 19.9 Å². The Kier molecular flexibility index (Phi) is 9.21. The summed E-state index contributed by atoms with van der Waals surface area (Å²) in [6.45, 7) is 7.66. The zero-order chi connectivity index (χ0) is 27.3. The maximum atomic E-state index is 13.3. The van der Waals surface area contributed by atoms with E-state index >= 15 is 0 Å². The van der Waals surface area contributed by atoms with Crippen LogP contribution in [0.5, 0.6) is 17.2 Å². The standard InChI is InChI=1S/C29H38N2O6/c1-18(2)17-37-21-10-11-22(19(3)15-21)27(32)25-26(20-9-12-23(35-6)24(16-20)36-7)31(29(34)28(25)33)14-8-13-30(4)5/h9-12,15-16,18,26,32H,8,13-14,17H2,1-7H3. The summed E-state index contributed by atoms with van der Waals surface area (Å²) in [5.41, 5.74) is 1.93. The molecule has 1 atom stereocenters. The number of hydrogen-bond donors (Lipinski definition) is 1. The van der Waals surface area contributed by atoms with E-state index < -0.39 is 17.7 Å². The van der Waals surface area contributed by atoms with E-state index in [-0.39, 0.29) is 11.3 Å². The van der Waals surface area contributed by atoms with Crippen molar-refractivity contribution in [3.8, 4) is 17.2 Å². The number of aliphatic hydroxyl groups is 1. The monoisotopic (exact) mass is 510 g/mol. The van der Waals surface area contributed by atoms with Crippen LogP contribution in [0.3, 0.4) is 0 Å². The van der Waals surface area contributed by atoms with E-state index in [0.717, 1.165) is 12.1 Å². The quantitative estimate of drug-likeness (QED) is 0.272. The third kappa shape index (κ3) is 6.25. The predicted octanol–water partition coefficient (Wildman–Crippen LogP) is 4.42. The largest absolute Gasteiger partial charge is 0.507 e. The van der Waals surface area contributed by atoms with E-state index in [1.54, 1.807) is 37.4 Å². The van der Waals surface area contributed by atoms with Gasteiger partial charge in [-0.05, 0) is 81.4 Å². The van der Waals surface area contributed by atoms with Gasteiger partial charge in [-0.15, -0.1) is 0 Å². The molecule has 2 aromatic rings. The van der Waals surface area contributed by atoms with Crippen molar-refractivity contribution in [2.75, 3.05) is 48.0 Å². The number of ether oxygens (including phenoxy) is 3. The number of nitrogens with zero attached hydrogens (tertiary/aromatic N) is 2. The maximum absolute atomic E-state index is 13.3. The number of hydrogen-bond acceptors (Lipinski definition) is 7. The molecule has 200 valence electrons. The Labute approximate surface area is 219 Å². The molecule has 0 bridgehead atoms. The molecular weight excluding hydrogens is 472 g/mol. The molecule has 1 amide bonds. The maximum Gasteiger partial charge on any atom is 0.295 e. The summed E-state index contributed by atoms with van der Waals surface area (Å²) < 4.78 is 16.7. The molecule has 1 aliphatic rings. The van der Waals surface area contributed by atoms with Crippen LogP contribution in [0.2, 0.25) is 0 Å². The molecule has 37 heavy (non-hydrogen) atoms. The van der Waals surface area contributed by atoms with Gasteiger partial charge >= 0.3 is 0 Å². The van der Waals surface area contributed by atoms with E-state index in [2.05, 4.69) is 13.8 Å². The van der Waals surface area contributed by atoms with Crippen LogP contribution in [-0.2, 0) is 9.59 Å². The Morgan fingerprint density at radius 3 is 2.35 bits per heavy atom. The first-order valence-electron chi connectivity index (χ1n) is 12.5. The van der Waals surface area contributed by atoms with Crippen LogP contribution >= 0.6 is 0 Å².